The van der Waals surface area contributed by atoms with E-state index in [0.717, 1.165) is 17.0 Å². The maximum Gasteiger partial charge on any atom is 0.416 e. The molecular weight excluding hydrogens is 623 g/mol. The van der Waals surface area contributed by atoms with E-state index in [-0.39, 0.29) is 42.7 Å². The predicted octanol–water partition coefficient (Wildman–Crippen LogP) is 9.61. The maximum atomic E-state index is 13.9. The summed E-state index contributed by atoms with van der Waals surface area (Å²) in [7, 11) is 0. The van der Waals surface area contributed by atoms with Crippen LogP contribution in [0.3, 0.4) is 0 Å². The van der Waals surface area contributed by atoms with Crippen LogP contribution >= 0.6 is 0 Å². The third kappa shape index (κ3) is 8.75. The number of ether oxygens (including phenoxy) is 2. The Kier molecular flexibility index (Phi) is 10.6. The van der Waals surface area contributed by atoms with Crippen LogP contribution in [-0.2, 0) is 34.5 Å². The molecule has 0 saturated carbocycles. The molecule has 2 aromatic carbocycles. The van der Waals surface area contributed by atoms with Gasteiger partial charge in [-0.15, -0.1) is 0 Å². The van der Waals surface area contributed by atoms with E-state index < -0.39 is 77.7 Å². The molecule has 1 heterocycles. The molecule has 0 spiro atoms. The molecule has 0 bridgehead atoms. The Hall–Kier alpha value is -3.65. The fourth-order valence-electron chi connectivity index (χ4n) is 5.27. The minimum atomic E-state index is -5.18. The molecule has 6 nitrogen and oxygen atoms in total. The van der Waals surface area contributed by atoms with E-state index in [2.05, 4.69) is 0 Å². The van der Waals surface area contributed by atoms with Crippen molar-refractivity contribution in [3.63, 3.8) is 0 Å². The lowest BCUT2D eigenvalue weighted by molar-refractivity contribution is -0.143. The number of amides is 2. The summed E-state index contributed by atoms with van der Waals surface area (Å²) in [6.07, 6.45) is -17.8. The Morgan fingerprint density at radius 3 is 1.89 bits per heavy atom. The second-order valence-electron chi connectivity index (χ2n) is 11.3. The van der Waals surface area contributed by atoms with Gasteiger partial charge in [0.25, 0.3) is 0 Å². The lowest BCUT2D eigenvalue weighted by Crippen LogP contribution is -2.50. The second kappa shape index (κ2) is 13.4. The number of carbonyl (C=O) groups excluding carboxylic acids is 2. The molecule has 0 N–H and O–H groups in total. The Bertz CT molecular complexity index is 1340. The molecule has 2 aromatic rings. The summed E-state index contributed by atoms with van der Waals surface area (Å²) >= 11 is 0. The van der Waals surface area contributed by atoms with Crippen LogP contribution < -0.4 is 4.90 Å². The first kappa shape index (κ1) is 35.8. The molecule has 0 aromatic heterocycles. The van der Waals surface area contributed by atoms with Crippen molar-refractivity contribution in [1.29, 1.82) is 0 Å². The first-order valence-corrected chi connectivity index (χ1v) is 14.1. The number of anilines is 1. The quantitative estimate of drug-likeness (QED) is 0.279. The van der Waals surface area contributed by atoms with Gasteiger partial charge in [0.05, 0.1) is 41.1 Å². The van der Waals surface area contributed by atoms with Crippen molar-refractivity contribution in [3.8, 4) is 0 Å². The molecule has 0 unspecified atom stereocenters. The number of hydrogen-bond donors (Lipinski definition) is 0. The van der Waals surface area contributed by atoms with Gasteiger partial charge in [-0.2, -0.15) is 39.5 Å². The molecule has 1 aliphatic heterocycles. The standard InChI is InChI=1S/C30H33F9N2O4/c1-6-44-26(42)40(15-18-10-20(29(34,35)36)12-21(11-18)30(37,38)39)25-14-22(9-16(2)3)41(27(43)45-17(4)5)24-8-7-19(13-23(24)25)28(31,32)33/h7-8,10-13,16-17,22,25H,6,9,14-15H2,1-5H3/t22-,25+/m0/s1. The largest absolute Gasteiger partial charge is 0.450 e. The predicted molar refractivity (Wildman–Crippen MR) is 145 cm³/mol. The monoisotopic (exact) mass is 656 g/mol. The maximum absolute atomic E-state index is 13.9. The minimum Gasteiger partial charge on any atom is -0.450 e. The normalized spacial score (nSPS) is 17.4. The minimum absolute atomic E-state index is 0.0510. The van der Waals surface area contributed by atoms with E-state index in [0.29, 0.717) is 18.2 Å². The van der Waals surface area contributed by atoms with Crippen LogP contribution in [0.4, 0.5) is 54.8 Å². The van der Waals surface area contributed by atoms with E-state index in [9.17, 15) is 49.1 Å². The molecule has 250 valence electrons. The molecule has 3 rings (SSSR count). The van der Waals surface area contributed by atoms with E-state index in [1.807, 2.05) is 13.8 Å². The highest BCUT2D eigenvalue weighted by molar-refractivity contribution is 5.90. The molecular formula is C30H33F9N2O4. The molecule has 0 aliphatic carbocycles. The molecule has 0 radical (unpaired) electrons. The topological polar surface area (TPSA) is 59.1 Å². The van der Waals surface area contributed by atoms with Crippen LogP contribution in [0, 0.1) is 5.92 Å². The molecule has 1 aliphatic rings. The van der Waals surface area contributed by atoms with E-state index in [1.165, 1.54) is 11.8 Å². The van der Waals surface area contributed by atoms with Crippen LogP contribution in [0.1, 0.15) is 81.3 Å². The van der Waals surface area contributed by atoms with E-state index >= 15 is 0 Å². The zero-order valence-electron chi connectivity index (χ0n) is 25.0. The Balaban J connectivity index is 2.29. The number of carbonyl (C=O) groups is 2. The van der Waals surface area contributed by atoms with Crippen molar-refractivity contribution in [1.82, 2.24) is 4.90 Å². The van der Waals surface area contributed by atoms with Crippen LogP contribution in [0.2, 0.25) is 0 Å². The summed E-state index contributed by atoms with van der Waals surface area (Å²) in [5.41, 5.74) is -5.24. The third-order valence-electron chi connectivity index (χ3n) is 6.99. The SMILES string of the molecule is CCOC(=O)N(Cc1cc(C(F)(F)F)cc(C(F)(F)F)c1)[C@@H]1C[C@H](CC(C)C)N(C(=O)OC(C)C)c2ccc(C(F)(F)F)cc21. The summed E-state index contributed by atoms with van der Waals surface area (Å²) in [6.45, 7) is 7.05. The first-order chi connectivity index (χ1) is 20.6. The highest BCUT2D eigenvalue weighted by atomic mass is 19.4. The summed E-state index contributed by atoms with van der Waals surface area (Å²) in [6, 6.07) is 1.16. The summed E-state index contributed by atoms with van der Waals surface area (Å²) in [5.74, 6) is -0.0881. The average Bonchev–Trinajstić information content (AvgIpc) is 2.88. The molecule has 0 fully saturated rings. The molecule has 45 heavy (non-hydrogen) atoms. The highest BCUT2D eigenvalue weighted by Crippen LogP contribution is 2.46. The molecule has 15 heteroatoms. The van der Waals surface area contributed by atoms with Gasteiger partial charge >= 0.3 is 30.7 Å². The second-order valence-corrected chi connectivity index (χ2v) is 11.3. The molecule has 0 saturated heterocycles. The number of benzene rings is 2. The number of alkyl halides is 9. The van der Waals surface area contributed by atoms with E-state index in [4.69, 9.17) is 9.47 Å². The molecule has 2 atom stereocenters. The van der Waals surface area contributed by atoms with Gasteiger partial charge < -0.3 is 9.47 Å². The Morgan fingerprint density at radius 2 is 1.42 bits per heavy atom. The summed E-state index contributed by atoms with van der Waals surface area (Å²) in [4.78, 5) is 28.6. The van der Waals surface area contributed by atoms with Crippen molar-refractivity contribution >= 4 is 17.9 Å². The van der Waals surface area contributed by atoms with Crippen molar-refractivity contribution in [3.05, 3.63) is 64.2 Å². The van der Waals surface area contributed by atoms with Gasteiger partial charge in [0.2, 0.25) is 0 Å². The number of fused-ring (bicyclic) bond motifs is 1. The van der Waals surface area contributed by atoms with Crippen LogP contribution in [0.5, 0.6) is 0 Å². The zero-order chi connectivity index (χ0) is 34.1. The van der Waals surface area contributed by atoms with Gasteiger partial charge in [0, 0.05) is 12.6 Å². The number of nitrogens with zero attached hydrogens (tertiary/aromatic N) is 2. The first-order valence-electron chi connectivity index (χ1n) is 14.1. The average molecular weight is 657 g/mol. The van der Waals surface area contributed by atoms with Crippen molar-refractivity contribution < 1.29 is 58.6 Å². The lowest BCUT2D eigenvalue weighted by atomic mass is 9.85. The van der Waals surface area contributed by atoms with Crippen molar-refractivity contribution in [2.75, 3.05) is 11.5 Å². The zero-order valence-corrected chi connectivity index (χ0v) is 25.0. The van der Waals surface area contributed by atoms with E-state index in [1.54, 1.807) is 13.8 Å². The van der Waals surface area contributed by atoms with Gasteiger partial charge in [-0.3, -0.25) is 9.80 Å². The lowest BCUT2D eigenvalue weighted by Gasteiger charge is -2.44. The van der Waals surface area contributed by atoms with Crippen LogP contribution in [0.15, 0.2) is 36.4 Å². The fraction of sp³-hybridized carbons (Fsp3) is 0.533. The number of halogens is 9. The third-order valence-corrected chi connectivity index (χ3v) is 6.99. The Morgan fingerprint density at radius 1 is 0.867 bits per heavy atom. The van der Waals surface area contributed by atoms with Gasteiger partial charge in [0.1, 0.15) is 0 Å². The highest BCUT2D eigenvalue weighted by Gasteiger charge is 2.44. The smallest absolute Gasteiger partial charge is 0.416 e. The van der Waals surface area contributed by atoms with Crippen molar-refractivity contribution in [2.45, 2.75) is 90.7 Å². The number of rotatable bonds is 7. The summed E-state index contributed by atoms with van der Waals surface area (Å²) < 4.78 is 134. The van der Waals surface area contributed by atoms with Crippen molar-refractivity contribution in [2.24, 2.45) is 5.92 Å². The molecule has 2 amide bonds. The van der Waals surface area contributed by atoms with Crippen LogP contribution in [0.25, 0.3) is 0 Å². The Labute approximate surface area is 254 Å². The number of hydrogen-bond acceptors (Lipinski definition) is 4. The van der Waals surface area contributed by atoms with Gasteiger partial charge in [-0.1, -0.05) is 13.8 Å². The van der Waals surface area contributed by atoms with Crippen LogP contribution in [-0.4, -0.2) is 35.8 Å². The summed E-state index contributed by atoms with van der Waals surface area (Å²) in [5, 5.41) is 0. The van der Waals surface area contributed by atoms with Gasteiger partial charge in [-0.25, -0.2) is 9.59 Å². The van der Waals surface area contributed by atoms with Gasteiger partial charge in [-0.05, 0) is 87.1 Å². The fourth-order valence-corrected chi connectivity index (χ4v) is 5.27. The van der Waals surface area contributed by atoms with Gasteiger partial charge in [0.15, 0.2) is 0 Å².